The van der Waals surface area contributed by atoms with E-state index in [-0.39, 0.29) is 5.91 Å². The van der Waals surface area contributed by atoms with Crippen LogP contribution in [0.2, 0.25) is 0 Å². The van der Waals surface area contributed by atoms with Crippen LogP contribution in [0.4, 0.5) is 5.69 Å². The van der Waals surface area contributed by atoms with Crippen molar-refractivity contribution in [2.24, 2.45) is 0 Å². The summed E-state index contributed by atoms with van der Waals surface area (Å²) in [7, 11) is 0. The van der Waals surface area contributed by atoms with Crippen LogP contribution in [-0.4, -0.2) is 16.0 Å². The van der Waals surface area contributed by atoms with Gasteiger partial charge in [0.1, 0.15) is 0 Å². The summed E-state index contributed by atoms with van der Waals surface area (Å²) >= 11 is 8.33. The summed E-state index contributed by atoms with van der Waals surface area (Å²) in [5.41, 5.74) is 1.30. The number of hydrogen-bond acceptors (Lipinski definition) is 5. The number of nitrogens with one attached hydrogen (secondary N) is 1. The molecule has 3 aromatic rings. The number of carbonyl (C=O) groups is 1. The van der Waals surface area contributed by atoms with E-state index in [4.69, 9.17) is 4.52 Å². The zero-order valence-corrected chi connectivity index (χ0v) is 17.1. The molecule has 1 N–H and O–H groups in total. The first-order chi connectivity index (χ1) is 12.0. The lowest BCUT2D eigenvalue weighted by atomic mass is 10.2. The number of carbonyl (C=O) groups excluding carboxylic acids is 1. The van der Waals surface area contributed by atoms with Gasteiger partial charge in [0.25, 0.3) is 5.91 Å². The maximum Gasteiger partial charge on any atom is 0.256 e. The van der Waals surface area contributed by atoms with E-state index in [1.54, 1.807) is 13.0 Å². The molecule has 128 valence electrons. The lowest BCUT2D eigenvalue weighted by Crippen LogP contribution is -2.13. The number of benzene rings is 2. The highest BCUT2D eigenvalue weighted by Gasteiger charge is 2.14. The molecule has 0 atom stereocenters. The van der Waals surface area contributed by atoms with Crippen molar-refractivity contribution in [1.29, 1.82) is 0 Å². The van der Waals surface area contributed by atoms with Gasteiger partial charge >= 0.3 is 0 Å². The summed E-state index contributed by atoms with van der Waals surface area (Å²) in [6.07, 6.45) is 0. The van der Waals surface area contributed by atoms with Crippen LogP contribution in [0.15, 0.2) is 60.8 Å². The Kier molecular flexibility index (Phi) is 5.93. The van der Waals surface area contributed by atoms with Gasteiger partial charge in [0.2, 0.25) is 5.89 Å². The molecule has 3 rings (SSSR count). The average molecular weight is 483 g/mol. The van der Waals surface area contributed by atoms with E-state index in [9.17, 15) is 4.79 Å². The fourth-order valence-corrected chi connectivity index (χ4v) is 4.13. The first-order valence-corrected chi connectivity index (χ1v) is 9.87. The zero-order chi connectivity index (χ0) is 17.8. The average Bonchev–Trinajstić information content (AvgIpc) is 3.01. The van der Waals surface area contributed by atoms with Gasteiger partial charge in [0, 0.05) is 13.8 Å². The summed E-state index contributed by atoms with van der Waals surface area (Å²) in [6, 6.07) is 13.0. The lowest BCUT2D eigenvalue weighted by Gasteiger charge is -2.10. The second-order valence-corrected chi connectivity index (χ2v) is 7.89. The van der Waals surface area contributed by atoms with E-state index in [0.717, 1.165) is 13.8 Å². The van der Waals surface area contributed by atoms with Gasteiger partial charge in [-0.2, -0.15) is 4.98 Å². The number of aryl methyl sites for hydroxylation is 1. The highest BCUT2D eigenvalue weighted by Crippen LogP contribution is 2.29. The predicted molar refractivity (Wildman–Crippen MR) is 105 cm³/mol. The normalized spacial score (nSPS) is 10.7. The Bertz CT molecular complexity index is 914. The number of thioether (sulfide) groups is 1. The van der Waals surface area contributed by atoms with Crippen LogP contribution >= 0.6 is 43.6 Å². The molecule has 0 fully saturated rings. The summed E-state index contributed by atoms with van der Waals surface area (Å²) in [5, 5.41) is 6.70. The maximum atomic E-state index is 12.7. The van der Waals surface area contributed by atoms with E-state index in [0.29, 0.717) is 28.7 Å². The molecule has 1 amide bonds. The Labute approximate surface area is 165 Å². The highest BCUT2D eigenvalue weighted by atomic mass is 79.9. The number of halogens is 2. The van der Waals surface area contributed by atoms with Crippen molar-refractivity contribution in [2.45, 2.75) is 17.6 Å². The molecule has 2 aromatic carbocycles. The molecule has 8 heteroatoms. The molecule has 5 nitrogen and oxygen atoms in total. The quantitative estimate of drug-likeness (QED) is 0.490. The largest absolute Gasteiger partial charge is 0.338 e. The topological polar surface area (TPSA) is 68.0 Å². The molecule has 0 aliphatic carbocycles. The van der Waals surface area contributed by atoms with Crippen molar-refractivity contribution in [2.75, 3.05) is 5.32 Å². The number of nitrogens with zero attached hydrogens (tertiary/aromatic N) is 2. The summed E-state index contributed by atoms with van der Waals surface area (Å²) in [6.45, 7) is 1.77. The van der Waals surface area contributed by atoms with E-state index in [2.05, 4.69) is 47.3 Å². The van der Waals surface area contributed by atoms with Gasteiger partial charge in [-0.15, -0.1) is 11.8 Å². The first kappa shape index (κ1) is 18.2. The first-order valence-electron chi connectivity index (χ1n) is 7.30. The Hall–Kier alpha value is -1.64. The van der Waals surface area contributed by atoms with Crippen LogP contribution in [0.3, 0.4) is 0 Å². The van der Waals surface area contributed by atoms with Crippen molar-refractivity contribution in [3.8, 4) is 0 Å². The second kappa shape index (κ2) is 8.16. The highest BCUT2D eigenvalue weighted by molar-refractivity contribution is 9.11. The molecular weight excluding hydrogens is 470 g/mol. The number of amides is 1. The summed E-state index contributed by atoms with van der Waals surface area (Å²) in [4.78, 5) is 17.7. The van der Waals surface area contributed by atoms with Crippen molar-refractivity contribution in [3.63, 3.8) is 0 Å². The van der Waals surface area contributed by atoms with Crippen LogP contribution in [-0.2, 0) is 5.75 Å². The minimum Gasteiger partial charge on any atom is -0.338 e. The molecule has 0 aliphatic rings. The minimum atomic E-state index is -0.173. The number of hydrogen-bond donors (Lipinski definition) is 1. The molecule has 0 bridgehead atoms. The van der Waals surface area contributed by atoms with Gasteiger partial charge in [0.15, 0.2) is 5.82 Å². The molecule has 0 saturated carbocycles. The van der Waals surface area contributed by atoms with Crippen LogP contribution in [0.25, 0.3) is 0 Å². The van der Waals surface area contributed by atoms with E-state index in [1.165, 1.54) is 11.8 Å². The SMILES string of the molecule is Cc1noc(CSc2ccccc2C(=O)Nc2ccc(Br)cc2Br)n1. The summed E-state index contributed by atoms with van der Waals surface area (Å²) < 4.78 is 6.86. The van der Waals surface area contributed by atoms with Gasteiger partial charge in [-0.25, -0.2) is 0 Å². The zero-order valence-electron chi connectivity index (χ0n) is 13.1. The van der Waals surface area contributed by atoms with E-state index >= 15 is 0 Å². The number of rotatable bonds is 5. The fraction of sp³-hybridized carbons (Fsp3) is 0.118. The lowest BCUT2D eigenvalue weighted by molar-refractivity contribution is 0.102. The van der Waals surface area contributed by atoms with E-state index in [1.807, 2.05) is 36.4 Å². The second-order valence-electron chi connectivity index (χ2n) is 5.10. The van der Waals surface area contributed by atoms with Crippen LogP contribution in [0.5, 0.6) is 0 Å². The molecular formula is C17H13Br2N3O2S. The van der Waals surface area contributed by atoms with Crippen LogP contribution in [0, 0.1) is 6.92 Å². The van der Waals surface area contributed by atoms with Crippen molar-refractivity contribution in [1.82, 2.24) is 10.1 Å². The third-order valence-corrected chi connectivity index (χ3v) is 5.44. The minimum absolute atomic E-state index is 0.173. The molecule has 0 radical (unpaired) electrons. The molecule has 0 aliphatic heterocycles. The van der Waals surface area contributed by atoms with Crippen molar-refractivity contribution < 1.29 is 9.32 Å². The number of aromatic nitrogens is 2. The summed E-state index contributed by atoms with van der Waals surface area (Å²) in [5.74, 6) is 1.47. The van der Waals surface area contributed by atoms with Gasteiger partial charge in [0.05, 0.1) is 17.0 Å². The fourth-order valence-electron chi connectivity index (χ4n) is 2.10. The molecule has 0 spiro atoms. The third-order valence-electron chi connectivity index (χ3n) is 3.23. The van der Waals surface area contributed by atoms with Crippen LogP contribution in [0.1, 0.15) is 22.1 Å². The Morgan fingerprint density at radius 3 is 2.76 bits per heavy atom. The molecule has 1 heterocycles. The monoisotopic (exact) mass is 481 g/mol. The van der Waals surface area contributed by atoms with E-state index < -0.39 is 0 Å². The Balaban J connectivity index is 1.76. The smallest absolute Gasteiger partial charge is 0.256 e. The van der Waals surface area contributed by atoms with Gasteiger partial charge in [-0.1, -0.05) is 33.2 Å². The number of anilines is 1. The van der Waals surface area contributed by atoms with Crippen LogP contribution < -0.4 is 5.32 Å². The molecule has 25 heavy (non-hydrogen) atoms. The predicted octanol–water partition coefficient (Wildman–Crippen LogP) is 5.45. The van der Waals surface area contributed by atoms with Gasteiger partial charge < -0.3 is 9.84 Å². The molecule has 0 unspecified atom stereocenters. The molecule has 0 saturated heterocycles. The molecule has 1 aromatic heterocycles. The maximum absolute atomic E-state index is 12.7. The Morgan fingerprint density at radius 1 is 1.24 bits per heavy atom. The third kappa shape index (κ3) is 4.71. The van der Waals surface area contributed by atoms with Crippen molar-refractivity contribution in [3.05, 3.63) is 68.7 Å². The van der Waals surface area contributed by atoms with Crippen molar-refractivity contribution >= 4 is 55.2 Å². The van der Waals surface area contributed by atoms with Gasteiger partial charge in [-0.3, -0.25) is 4.79 Å². The van der Waals surface area contributed by atoms with Gasteiger partial charge in [-0.05, 0) is 53.2 Å². The Morgan fingerprint density at radius 2 is 2.04 bits per heavy atom. The standard InChI is InChI=1S/C17H13Br2N3O2S/c1-10-20-16(24-22-10)9-25-15-5-3-2-4-12(15)17(23)21-14-7-6-11(18)8-13(14)19/h2-8H,9H2,1H3,(H,21,23).